The number of ether oxygens (including phenoxy) is 1. The summed E-state index contributed by atoms with van der Waals surface area (Å²) in [6.07, 6.45) is 0.500. The van der Waals surface area contributed by atoms with Gasteiger partial charge >= 0.3 is 0 Å². The molecule has 118 valence electrons. The molecular weight excluding hydrogens is 292 g/mol. The summed E-state index contributed by atoms with van der Waals surface area (Å²) in [5.74, 6) is 0.328. The molecule has 5 heteroatoms. The van der Waals surface area contributed by atoms with Crippen LogP contribution in [0.4, 0.5) is 0 Å². The summed E-state index contributed by atoms with van der Waals surface area (Å²) < 4.78 is 5.27. The molecule has 0 fully saturated rings. The molecule has 2 N–H and O–H groups in total. The number of nitrogens with one attached hydrogen (secondary N) is 2. The largest absolute Gasteiger partial charge is 0.496 e. The zero-order valence-electron chi connectivity index (χ0n) is 12.8. The first-order chi connectivity index (χ1) is 11.2. The lowest BCUT2D eigenvalue weighted by Crippen LogP contribution is -2.50. The Morgan fingerprint density at radius 1 is 1.22 bits per heavy atom. The third-order valence-electron chi connectivity index (χ3n) is 3.95. The van der Waals surface area contributed by atoms with Crippen molar-refractivity contribution >= 4 is 11.8 Å². The number of hydrogen-bond acceptors (Lipinski definition) is 3. The third kappa shape index (κ3) is 3.18. The van der Waals surface area contributed by atoms with Gasteiger partial charge < -0.3 is 15.4 Å². The number of carbonyl (C=O) groups excluding carboxylic acids is 2. The van der Waals surface area contributed by atoms with Crippen molar-refractivity contribution in [2.45, 2.75) is 19.0 Å². The summed E-state index contributed by atoms with van der Waals surface area (Å²) in [6, 6.07) is 14.3. The van der Waals surface area contributed by atoms with Crippen LogP contribution in [-0.2, 0) is 17.8 Å². The highest BCUT2D eigenvalue weighted by Crippen LogP contribution is 2.18. The average Bonchev–Trinajstić information content (AvgIpc) is 2.59. The fraction of sp³-hybridized carbons (Fsp3) is 0.222. The molecular formula is C18H18N2O3. The Labute approximate surface area is 134 Å². The lowest BCUT2D eigenvalue weighted by Gasteiger charge is -2.24. The first kappa shape index (κ1) is 15.1. The van der Waals surface area contributed by atoms with E-state index in [0.717, 1.165) is 16.9 Å². The van der Waals surface area contributed by atoms with Crippen LogP contribution in [0.1, 0.15) is 21.5 Å². The van der Waals surface area contributed by atoms with Crippen molar-refractivity contribution in [2.75, 3.05) is 7.11 Å². The average molecular weight is 310 g/mol. The van der Waals surface area contributed by atoms with Gasteiger partial charge in [0, 0.05) is 24.1 Å². The van der Waals surface area contributed by atoms with Crippen LogP contribution >= 0.6 is 0 Å². The molecule has 1 heterocycles. The van der Waals surface area contributed by atoms with Crippen molar-refractivity contribution in [2.24, 2.45) is 0 Å². The van der Waals surface area contributed by atoms with Crippen molar-refractivity contribution in [1.29, 1.82) is 0 Å². The highest BCUT2D eigenvalue weighted by atomic mass is 16.5. The Bertz CT molecular complexity index is 743. The van der Waals surface area contributed by atoms with Crippen LogP contribution in [0.2, 0.25) is 0 Å². The van der Waals surface area contributed by atoms with Gasteiger partial charge in [-0.2, -0.15) is 0 Å². The van der Waals surface area contributed by atoms with Crippen LogP contribution < -0.4 is 15.4 Å². The van der Waals surface area contributed by atoms with E-state index < -0.39 is 6.04 Å². The lowest BCUT2D eigenvalue weighted by molar-refractivity contribution is -0.123. The quantitative estimate of drug-likeness (QED) is 0.902. The van der Waals surface area contributed by atoms with Gasteiger partial charge in [-0.1, -0.05) is 36.4 Å². The fourth-order valence-electron chi connectivity index (χ4n) is 2.74. The van der Waals surface area contributed by atoms with E-state index >= 15 is 0 Å². The Morgan fingerprint density at radius 2 is 1.96 bits per heavy atom. The number of fused-ring (bicyclic) bond motifs is 1. The van der Waals surface area contributed by atoms with Crippen molar-refractivity contribution in [1.82, 2.24) is 10.6 Å². The number of para-hydroxylation sites is 1. The number of carbonyl (C=O) groups is 2. The molecule has 2 amide bonds. The Balaban J connectivity index is 1.67. The van der Waals surface area contributed by atoms with Crippen molar-refractivity contribution in [3.05, 3.63) is 65.2 Å². The van der Waals surface area contributed by atoms with Gasteiger partial charge in [0.15, 0.2) is 0 Å². The molecule has 23 heavy (non-hydrogen) atoms. The van der Waals surface area contributed by atoms with E-state index in [1.54, 1.807) is 13.2 Å². The Hall–Kier alpha value is -2.82. The van der Waals surface area contributed by atoms with Crippen LogP contribution in [0.25, 0.3) is 0 Å². The zero-order valence-corrected chi connectivity index (χ0v) is 12.8. The monoisotopic (exact) mass is 310 g/mol. The van der Waals surface area contributed by atoms with Gasteiger partial charge in [0.2, 0.25) is 5.91 Å². The molecule has 0 saturated carbocycles. The highest BCUT2D eigenvalue weighted by molar-refractivity contribution is 6.00. The Kier molecular flexibility index (Phi) is 4.28. The van der Waals surface area contributed by atoms with E-state index in [9.17, 15) is 9.59 Å². The molecule has 1 atom stereocenters. The van der Waals surface area contributed by atoms with Crippen LogP contribution in [0.15, 0.2) is 48.5 Å². The van der Waals surface area contributed by atoms with Crippen LogP contribution in [0.5, 0.6) is 5.75 Å². The summed E-state index contributed by atoms with van der Waals surface area (Å²) in [7, 11) is 1.60. The van der Waals surface area contributed by atoms with Gasteiger partial charge in [-0.05, 0) is 17.7 Å². The molecule has 1 aliphatic heterocycles. The first-order valence-electron chi connectivity index (χ1n) is 7.47. The maximum Gasteiger partial charge on any atom is 0.252 e. The summed E-state index contributed by atoms with van der Waals surface area (Å²) in [6.45, 7) is 0.358. The lowest BCUT2D eigenvalue weighted by atomic mass is 9.95. The SMILES string of the molecule is COc1ccccc1CNC(=O)C1Cc2ccccc2C(=O)N1. The zero-order chi connectivity index (χ0) is 16.2. The normalized spacial score (nSPS) is 16.2. The van der Waals surface area contributed by atoms with Gasteiger partial charge in [0.05, 0.1) is 7.11 Å². The maximum atomic E-state index is 12.4. The Morgan fingerprint density at radius 3 is 2.78 bits per heavy atom. The van der Waals surface area contributed by atoms with E-state index in [0.29, 0.717) is 18.5 Å². The van der Waals surface area contributed by atoms with E-state index in [-0.39, 0.29) is 11.8 Å². The minimum Gasteiger partial charge on any atom is -0.496 e. The number of methoxy groups -OCH3 is 1. The van der Waals surface area contributed by atoms with Crippen molar-refractivity contribution in [3.8, 4) is 5.75 Å². The predicted octanol–water partition coefficient (Wildman–Crippen LogP) is 1.67. The van der Waals surface area contributed by atoms with Crippen LogP contribution in [-0.4, -0.2) is 25.0 Å². The van der Waals surface area contributed by atoms with E-state index in [1.165, 1.54) is 0 Å². The molecule has 0 radical (unpaired) electrons. The molecule has 1 unspecified atom stereocenters. The fourth-order valence-corrected chi connectivity index (χ4v) is 2.74. The summed E-state index contributed by atoms with van der Waals surface area (Å²) in [4.78, 5) is 24.4. The second-order valence-corrected chi connectivity index (χ2v) is 5.42. The van der Waals surface area contributed by atoms with Gasteiger partial charge in [-0.15, -0.1) is 0 Å². The minimum absolute atomic E-state index is 0.196. The van der Waals surface area contributed by atoms with Gasteiger partial charge in [-0.3, -0.25) is 9.59 Å². The number of amides is 2. The maximum absolute atomic E-state index is 12.4. The van der Waals surface area contributed by atoms with Crippen molar-refractivity contribution in [3.63, 3.8) is 0 Å². The number of rotatable bonds is 4. The van der Waals surface area contributed by atoms with Crippen LogP contribution in [0.3, 0.4) is 0 Å². The van der Waals surface area contributed by atoms with Crippen LogP contribution in [0, 0.1) is 0 Å². The first-order valence-corrected chi connectivity index (χ1v) is 7.47. The molecule has 0 saturated heterocycles. The molecule has 3 rings (SSSR count). The third-order valence-corrected chi connectivity index (χ3v) is 3.95. The van der Waals surface area contributed by atoms with E-state index in [1.807, 2.05) is 42.5 Å². The standard InChI is InChI=1S/C18H18N2O3/c1-23-16-9-5-3-7-13(16)11-19-18(22)15-10-12-6-2-4-8-14(12)17(21)20-15/h2-9,15H,10-11H2,1H3,(H,19,22)(H,20,21). The smallest absolute Gasteiger partial charge is 0.252 e. The van der Waals surface area contributed by atoms with Gasteiger partial charge in [0.1, 0.15) is 11.8 Å². The van der Waals surface area contributed by atoms with Gasteiger partial charge in [0.25, 0.3) is 5.91 Å². The highest BCUT2D eigenvalue weighted by Gasteiger charge is 2.28. The summed E-state index contributed by atoms with van der Waals surface area (Å²) in [5, 5.41) is 5.62. The molecule has 2 aromatic rings. The topological polar surface area (TPSA) is 67.4 Å². The summed E-state index contributed by atoms with van der Waals surface area (Å²) in [5.41, 5.74) is 2.43. The second kappa shape index (κ2) is 6.52. The van der Waals surface area contributed by atoms with E-state index in [2.05, 4.69) is 10.6 Å². The molecule has 1 aliphatic rings. The summed E-state index contributed by atoms with van der Waals surface area (Å²) >= 11 is 0. The molecule has 0 aliphatic carbocycles. The molecule has 0 bridgehead atoms. The minimum atomic E-state index is -0.549. The molecule has 0 aromatic heterocycles. The number of benzene rings is 2. The molecule has 5 nitrogen and oxygen atoms in total. The molecule has 0 spiro atoms. The van der Waals surface area contributed by atoms with Gasteiger partial charge in [-0.25, -0.2) is 0 Å². The molecule has 2 aromatic carbocycles. The van der Waals surface area contributed by atoms with E-state index in [4.69, 9.17) is 4.74 Å². The number of hydrogen-bond donors (Lipinski definition) is 2. The second-order valence-electron chi connectivity index (χ2n) is 5.42. The van der Waals surface area contributed by atoms with Crippen molar-refractivity contribution < 1.29 is 14.3 Å². The predicted molar refractivity (Wildman–Crippen MR) is 86.2 cm³/mol.